The predicted molar refractivity (Wildman–Crippen MR) is 64.2 cm³/mol. The van der Waals surface area contributed by atoms with E-state index < -0.39 is 6.36 Å². The molecule has 0 saturated carbocycles. The highest BCUT2D eigenvalue weighted by Crippen LogP contribution is 2.24. The number of hydrogen-bond donors (Lipinski definition) is 0. The standard InChI is InChI=1S/C13H16F3NO/c1-12(2,3)9-11(17-18-13(14,15)16)10-7-5-4-6-8-10/h4-8H,9H2,1-3H3/b17-11-. The lowest BCUT2D eigenvalue weighted by Gasteiger charge is -2.19. The second-order valence-corrected chi connectivity index (χ2v) is 5.18. The minimum Gasteiger partial charge on any atom is -0.294 e. The third-order valence-electron chi connectivity index (χ3n) is 2.06. The molecule has 0 saturated heterocycles. The average molecular weight is 259 g/mol. The SMILES string of the molecule is CC(C)(C)C/C(=N/OC(F)(F)F)c1ccccc1. The van der Waals surface area contributed by atoms with E-state index in [4.69, 9.17) is 0 Å². The van der Waals surface area contributed by atoms with E-state index in [1.54, 1.807) is 30.3 Å². The summed E-state index contributed by atoms with van der Waals surface area (Å²) in [5, 5.41) is 3.24. The van der Waals surface area contributed by atoms with Crippen LogP contribution in [-0.4, -0.2) is 12.1 Å². The molecule has 0 aliphatic heterocycles. The van der Waals surface area contributed by atoms with Crippen LogP contribution >= 0.6 is 0 Å². The molecule has 5 heteroatoms. The predicted octanol–water partition coefficient (Wildman–Crippen LogP) is 4.36. The molecular formula is C13H16F3NO. The van der Waals surface area contributed by atoms with Crippen molar-refractivity contribution in [1.29, 1.82) is 0 Å². The fraction of sp³-hybridized carbons (Fsp3) is 0.462. The number of rotatable bonds is 3. The van der Waals surface area contributed by atoms with Crippen molar-refractivity contribution < 1.29 is 18.0 Å². The first-order chi connectivity index (χ1) is 8.17. The molecule has 0 aliphatic rings. The summed E-state index contributed by atoms with van der Waals surface area (Å²) >= 11 is 0. The maximum Gasteiger partial charge on any atom is 0.593 e. The molecule has 1 aromatic carbocycles. The summed E-state index contributed by atoms with van der Waals surface area (Å²) in [6.45, 7) is 5.79. The van der Waals surface area contributed by atoms with Crippen molar-refractivity contribution in [2.45, 2.75) is 33.6 Å². The maximum absolute atomic E-state index is 12.0. The fourth-order valence-electron chi connectivity index (χ4n) is 1.43. The molecular weight excluding hydrogens is 243 g/mol. The average Bonchev–Trinajstić information content (AvgIpc) is 2.23. The second-order valence-electron chi connectivity index (χ2n) is 5.18. The molecule has 0 unspecified atom stereocenters. The van der Waals surface area contributed by atoms with Gasteiger partial charge in [-0.15, -0.1) is 13.2 Å². The second kappa shape index (κ2) is 5.42. The monoisotopic (exact) mass is 259 g/mol. The molecule has 0 atom stereocenters. The molecule has 1 rings (SSSR count). The van der Waals surface area contributed by atoms with Gasteiger partial charge in [0.25, 0.3) is 0 Å². The topological polar surface area (TPSA) is 21.6 Å². The molecule has 0 radical (unpaired) electrons. The summed E-state index contributed by atoms with van der Waals surface area (Å²) in [6.07, 6.45) is -4.36. The molecule has 0 fully saturated rings. The van der Waals surface area contributed by atoms with Crippen LogP contribution in [0.25, 0.3) is 0 Å². The molecule has 0 amide bonds. The minimum atomic E-state index is -4.75. The van der Waals surface area contributed by atoms with E-state index in [-0.39, 0.29) is 5.41 Å². The maximum atomic E-state index is 12.0. The molecule has 0 aliphatic carbocycles. The van der Waals surface area contributed by atoms with E-state index in [0.29, 0.717) is 17.7 Å². The van der Waals surface area contributed by atoms with Crippen LogP contribution in [-0.2, 0) is 4.84 Å². The van der Waals surface area contributed by atoms with Gasteiger partial charge in [0.15, 0.2) is 0 Å². The molecule has 0 bridgehead atoms. The van der Waals surface area contributed by atoms with Crippen LogP contribution in [0.5, 0.6) is 0 Å². The highest BCUT2D eigenvalue weighted by Gasteiger charge is 2.31. The van der Waals surface area contributed by atoms with Crippen LogP contribution in [0.3, 0.4) is 0 Å². The van der Waals surface area contributed by atoms with Crippen LogP contribution < -0.4 is 0 Å². The van der Waals surface area contributed by atoms with Crippen molar-refractivity contribution in [2.24, 2.45) is 10.6 Å². The lowest BCUT2D eigenvalue weighted by molar-refractivity contribution is -0.325. The zero-order valence-electron chi connectivity index (χ0n) is 10.6. The van der Waals surface area contributed by atoms with Crippen LogP contribution in [0, 0.1) is 5.41 Å². The Bertz CT molecular complexity index is 404. The zero-order chi connectivity index (χ0) is 13.8. The number of nitrogens with zero attached hydrogens (tertiary/aromatic N) is 1. The Hall–Kier alpha value is -1.52. The first-order valence-electron chi connectivity index (χ1n) is 5.55. The van der Waals surface area contributed by atoms with E-state index in [2.05, 4.69) is 9.99 Å². The van der Waals surface area contributed by atoms with Crippen molar-refractivity contribution in [3.63, 3.8) is 0 Å². The Morgan fingerprint density at radius 2 is 1.67 bits per heavy atom. The van der Waals surface area contributed by atoms with Crippen molar-refractivity contribution >= 4 is 5.71 Å². The Balaban J connectivity index is 2.96. The van der Waals surface area contributed by atoms with Gasteiger partial charge in [-0.1, -0.05) is 56.3 Å². The zero-order valence-corrected chi connectivity index (χ0v) is 10.6. The van der Waals surface area contributed by atoms with Crippen molar-refractivity contribution in [3.05, 3.63) is 35.9 Å². The molecule has 0 N–H and O–H groups in total. The summed E-state index contributed by atoms with van der Waals surface area (Å²) in [4.78, 5) is 3.58. The summed E-state index contributed by atoms with van der Waals surface area (Å²) < 4.78 is 36.1. The van der Waals surface area contributed by atoms with Gasteiger partial charge in [-0.2, -0.15) is 0 Å². The lowest BCUT2D eigenvalue weighted by Crippen LogP contribution is -2.17. The van der Waals surface area contributed by atoms with Gasteiger partial charge in [0, 0.05) is 0 Å². The van der Waals surface area contributed by atoms with Gasteiger partial charge in [-0.25, -0.2) is 0 Å². The van der Waals surface area contributed by atoms with Gasteiger partial charge < -0.3 is 0 Å². The first kappa shape index (κ1) is 14.5. The van der Waals surface area contributed by atoms with Gasteiger partial charge >= 0.3 is 6.36 Å². The van der Waals surface area contributed by atoms with Gasteiger partial charge in [0.05, 0.1) is 5.71 Å². The summed E-state index contributed by atoms with van der Waals surface area (Å²) in [5.74, 6) is 0. The molecule has 0 heterocycles. The number of hydrogen-bond acceptors (Lipinski definition) is 2. The Morgan fingerprint density at radius 3 is 2.11 bits per heavy atom. The lowest BCUT2D eigenvalue weighted by atomic mass is 9.87. The van der Waals surface area contributed by atoms with Gasteiger partial charge in [-0.3, -0.25) is 4.84 Å². The first-order valence-corrected chi connectivity index (χ1v) is 5.55. The van der Waals surface area contributed by atoms with Crippen molar-refractivity contribution in [2.75, 3.05) is 0 Å². The fourth-order valence-corrected chi connectivity index (χ4v) is 1.43. The van der Waals surface area contributed by atoms with Crippen LogP contribution in [0.2, 0.25) is 0 Å². The Morgan fingerprint density at radius 1 is 1.11 bits per heavy atom. The minimum absolute atomic E-state index is 0.177. The summed E-state index contributed by atoms with van der Waals surface area (Å²) in [6, 6.07) is 8.72. The van der Waals surface area contributed by atoms with E-state index in [9.17, 15) is 13.2 Å². The normalized spacial score (nSPS) is 13.6. The number of oxime groups is 1. The number of alkyl halides is 3. The third kappa shape index (κ3) is 5.70. The largest absolute Gasteiger partial charge is 0.593 e. The quantitative estimate of drug-likeness (QED) is 0.583. The van der Waals surface area contributed by atoms with Gasteiger partial charge in [-0.05, 0) is 17.4 Å². The van der Waals surface area contributed by atoms with E-state index in [1.807, 2.05) is 20.8 Å². The van der Waals surface area contributed by atoms with E-state index >= 15 is 0 Å². The molecule has 0 aromatic heterocycles. The van der Waals surface area contributed by atoms with E-state index in [0.717, 1.165) is 0 Å². The number of halogens is 3. The highest BCUT2D eigenvalue weighted by atomic mass is 19.4. The molecule has 1 aromatic rings. The van der Waals surface area contributed by atoms with Crippen LogP contribution in [0.15, 0.2) is 35.5 Å². The highest BCUT2D eigenvalue weighted by molar-refractivity contribution is 6.00. The Labute approximate surface area is 104 Å². The Kier molecular flexibility index (Phi) is 4.38. The van der Waals surface area contributed by atoms with Crippen LogP contribution in [0.4, 0.5) is 13.2 Å². The third-order valence-corrected chi connectivity index (χ3v) is 2.06. The summed E-state index contributed by atoms with van der Waals surface area (Å²) in [5.41, 5.74) is 0.751. The molecule has 100 valence electrons. The van der Waals surface area contributed by atoms with Crippen molar-refractivity contribution in [1.82, 2.24) is 0 Å². The van der Waals surface area contributed by atoms with Crippen molar-refractivity contribution in [3.8, 4) is 0 Å². The molecule has 0 spiro atoms. The van der Waals surface area contributed by atoms with Crippen LogP contribution in [0.1, 0.15) is 32.8 Å². The number of benzene rings is 1. The molecule has 18 heavy (non-hydrogen) atoms. The van der Waals surface area contributed by atoms with Gasteiger partial charge in [0.2, 0.25) is 0 Å². The smallest absolute Gasteiger partial charge is 0.294 e. The molecule has 2 nitrogen and oxygen atoms in total. The van der Waals surface area contributed by atoms with E-state index in [1.165, 1.54) is 0 Å². The summed E-state index contributed by atoms with van der Waals surface area (Å²) in [7, 11) is 0. The van der Waals surface area contributed by atoms with Gasteiger partial charge in [0.1, 0.15) is 0 Å².